The van der Waals surface area contributed by atoms with Crippen molar-refractivity contribution >= 4 is 57.2 Å². The molecule has 1 unspecified atom stereocenters. The summed E-state index contributed by atoms with van der Waals surface area (Å²) in [7, 11) is -1.96. The zero-order valence-electron chi connectivity index (χ0n) is 28.8. The lowest BCUT2D eigenvalue weighted by Gasteiger charge is -2.32. The third-order valence-electron chi connectivity index (χ3n) is 7.62. The van der Waals surface area contributed by atoms with Gasteiger partial charge in [-0.1, -0.05) is 61.8 Å². The second-order valence-corrected chi connectivity index (χ2v) is 14.4. The molecule has 8 rings (SSSR count). The van der Waals surface area contributed by atoms with Crippen LogP contribution >= 0.6 is 11.6 Å². The number of hydrogen-bond acceptors (Lipinski definition) is 10. The van der Waals surface area contributed by atoms with E-state index in [9.17, 15) is 27.0 Å². The van der Waals surface area contributed by atoms with Crippen molar-refractivity contribution < 1.29 is 36.4 Å². The topological polar surface area (TPSA) is 148 Å². The number of aromatic nitrogens is 3. The zero-order valence-corrected chi connectivity index (χ0v) is 30.4. The van der Waals surface area contributed by atoms with E-state index < -0.39 is 40.2 Å². The molecule has 4 aliphatic rings. The highest BCUT2D eigenvalue weighted by Crippen LogP contribution is 2.27. The first-order valence-electron chi connectivity index (χ1n) is 16.4. The van der Waals surface area contributed by atoms with E-state index in [0.717, 1.165) is 5.56 Å². The lowest BCUT2D eigenvalue weighted by molar-refractivity contribution is -0.154. The Kier molecular flexibility index (Phi) is 12.9. The van der Waals surface area contributed by atoms with E-state index in [0.29, 0.717) is 34.0 Å². The van der Waals surface area contributed by atoms with E-state index in [2.05, 4.69) is 30.9 Å². The molecule has 0 radical (unpaired) electrons. The van der Waals surface area contributed by atoms with Gasteiger partial charge >= 0.3 is 17.4 Å². The highest BCUT2D eigenvalue weighted by Gasteiger charge is 2.30. The summed E-state index contributed by atoms with van der Waals surface area (Å²) in [5, 5.41) is 9.83. The van der Waals surface area contributed by atoms with Crippen LogP contribution < -0.4 is 25.4 Å². The maximum absolute atomic E-state index is 13.5. The van der Waals surface area contributed by atoms with Crippen LogP contribution in [0.3, 0.4) is 0 Å². The third-order valence-corrected chi connectivity index (χ3v) is 8.90. The van der Waals surface area contributed by atoms with Crippen molar-refractivity contribution in [2.24, 2.45) is 5.41 Å². The zero-order chi connectivity index (χ0) is 38.0. The Balaban J connectivity index is 1.38. The van der Waals surface area contributed by atoms with Gasteiger partial charge in [0.1, 0.15) is 16.5 Å². The number of anilines is 3. The lowest BCUT2D eigenvalue weighted by Crippen LogP contribution is -2.45. The van der Waals surface area contributed by atoms with Gasteiger partial charge in [0, 0.05) is 42.8 Å². The molecule has 4 aromatic rings. The normalized spacial score (nSPS) is 16.1. The molecule has 17 heteroatoms. The molecule has 0 spiro atoms. The molecule has 4 aliphatic heterocycles. The smallest absolute Gasteiger partial charge is 0.422 e. The molecule has 3 aromatic carbocycles. The second kappa shape index (κ2) is 17.5. The maximum Gasteiger partial charge on any atom is 0.422 e. The number of rotatable bonds is 4. The highest BCUT2D eigenvalue weighted by molar-refractivity contribution is 8.02. The van der Waals surface area contributed by atoms with Gasteiger partial charge < -0.3 is 30.3 Å². The lowest BCUT2D eigenvalue weighted by atomic mass is 9.92. The Hall–Kier alpha value is -5.22. The van der Waals surface area contributed by atoms with Crippen LogP contribution in [0.1, 0.15) is 41.8 Å². The van der Waals surface area contributed by atoms with Crippen molar-refractivity contribution in [3.63, 3.8) is 0 Å². The van der Waals surface area contributed by atoms with E-state index in [1.54, 1.807) is 48.5 Å². The molecule has 1 aromatic heterocycles. The van der Waals surface area contributed by atoms with Crippen molar-refractivity contribution in [3.05, 3.63) is 99.9 Å². The number of ether oxygens (including phenoxy) is 2. The van der Waals surface area contributed by atoms with E-state index in [1.165, 1.54) is 10.3 Å². The fourth-order valence-electron chi connectivity index (χ4n) is 5.05. The van der Waals surface area contributed by atoms with Crippen molar-refractivity contribution in [1.29, 1.82) is 0 Å². The molecule has 3 N–H and O–H groups in total. The van der Waals surface area contributed by atoms with Crippen LogP contribution in [0.15, 0.2) is 78.2 Å². The summed E-state index contributed by atoms with van der Waals surface area (Å²) in [6, 6.07) is 20.0. The SMILES string of the molecule is CC1(C)CNC(=O)c2ccc(cc2)Nc2nc(nc(OCC(F)(F)F)n2)NCc2ccc(c(Cl)c2)OCCCN(C(=O)S(=O)C=Cc2ccccc2)C1. The second-order valence-electron chi connectivity index (χ2n) is 12.7. The van der Waals surface area contributed by atoms with Crippen molar-refractivity contribution in [3.8, 4) is 11.8 Å². The Morgan fingerprint density at radius 3 is 2.49 bits per heavy atom. The predicted octanol–water partition coefficient (Wildman–Crippen LogP) is 7.20. The summed E-state index contributed by atoms with van der Waals surface area (Å²) in [6.07, 6.45) is -2.60. The quantitative estimate of drug-likeness (QED) is 0.195. The number of nitrogens with one attached hydrogen (secondary N) is 3. The minimum Gasteiger partial charge on any atom is -0.492 e. The fourth-order valence-corrected chi connectivity index (χ4v) is 6.11. The molecular weight excluding hydrogens is 735 g/mol. The van der Waals surface area contributed by atoms with E-state index in [1.807, 2.05) is 44.2 Å². The first-order chi connectivity index (χ1) is 25.2. The number of amides is 2. The molecule has 1 atom stereocenters. The number of halogens is 4. The number of hydrogen-bond donors (Lipinski definition) is 3. The molecule has 0 fully saturated rings. The van der Waals surface area contributed by atoms with Crippen LogP contribution in [-0.2, 0) is 17.3 Å². The van der Waals surface area contributed by atoms with Crippen molar-refractivity contribution in [2.75, 3.05) is 43.5 Å². The van der Waals surface area contributed by atoms with Gasteiger partial charge in [-0.3, -0.25) is 9.59 Å². The van der Waals surface area contributed by atoms with Crippen LogP contribution in [0.25, 0.3) is 6.08 Å². The number of nitrogens with zero attached hydrogens (tertiary/aromatic N) is 4. The van der Waals surface area contributed by atoms with Gasteiger partial charge in [-0.2, -0.15) is 28.1 Å². The van der Waals surface area contributed by atoms with Crippen molar-refractivity contribution in [2.45, 2.75) is 33.0 Å². The molecule has 53 heavy (non-hydrogen) atoms. The van der Waals surface area contributed by atoms with Gasteiger partial charge in [0.25, 0.3) is 5.91 Å². The van der Waals surface area contributed by atoms with E-state index in [4.69, 9.17) is 21.1 Å². The molecule has 5 heterocycles. The average Bonchev–Trinajstić information content (AvgIpc) is 3.13. The van der Waals surface area contributed by atoms with E-state index in [-0.39, 0.29) is 50.6 Å². The Bertz CT molecular complexity index is 1950. The molecule has 12 nitrogen and oxygen atoms in total. The standard InChI is InChI=1S/C36H37ClF3N7O5S/c1-35(2)21-42-30(48)26-10-12-27(13-11-26)43-32-44-31(45-33(46-32)52-23-36(38,39)40)41-20-25-9-14-29(28(37)19-25)51-17-6-16-47(22-35)34(49)53(50)18-15-24-7-4-3-5-8-24/h3-5,7-15,18-19H,6,16-17,20-23H2,1-2H3,(H,42,48)(H2,41,43,44,45,46). The van der Waals surface area contributed by atoms with Gasteiger partial charge in [0.15, 0.2) is 6.61 Å². The van der Waals surface area contributed by atoms with Gasteiger partial charge in [0.2, 0.25) is 11.9 Å². The summed E-state index contributed by atoms with van der Waals surface area (Å²) in [6.45, 7) is 3.07. The number of carbonyl (C=O) groups excluding carboxylic acids is 2. The van der Waals surface area contributed by atoms with Gasteiger partial charge in [-0.25, -0.2) is 4.21 Å². The minimum absolute atomic E-state index is 0.0696. The van der Waals surface area contributed by atoms with Crippen molar-refractivity contribution in [1.82, 2.24) is 25.2 Å². The van der Waals surface area contributed by atoms with E-state index >= 15 is 0 Å². The Labute approximate surface area is 311 Å². The largest absolute Gasteiger partial charge is 0.492 e. The summed E-state index contributed by atoms with van der Waals surface area (Å²) >= 11 is 6.52. The van der Waals surface area contributed by atoms with Crippen LogP contribution in [0.5, 0.6) is 11.8 Å². The van der Waals surface area contributed by atoms with Crippen LogP contribution in [0, 0.1) is 5.41 Å². The first-order valence-corrected chi connectivity index (χ1v) is 18.0. The number of alkyl halides is 3. The van der Waals surface area contributed by atoms with Gasteiger partial charge in [-0.15, -0.1) is 0 Å². The fraction of sp³-hybridized carbons (Fsp3) is 0.306. The van der Waals surface area contributed by atoms with Crippen LogP contribution in [-0.4, -0.2) is 74.2 Å². The predicted molar refractivity (Wildman–Crippen MR) is 197 cm³/mol. The molecular formula is C36H37ClF3N7O5S. The molecule has 0 saturated heterocycles. The third kappa shape index (κ3) is 12.2. The Morgan fingerprint density at radius 2 is 1.77 bits per heavy atom. The monoisotopic (exact) mass is 771 g/mol. The van der Waals surface area contributed by atoms with Crippen LogP contribution in [0.2, 0.25) is 5.02 Å². The Morgan fingerprint density at radius 1 is 1.04 bits per heavy atom. The summed E-state index contributed by atoms with van der Waals surface area (Å²) < 4.78 is 62.5. The molecule has 2 amide bonds. The minimum atomic E-state index is -4.62. The summed E-state index contributed by atoms with van der Waals surface area (Å²) in [4.78, 5) is 40.3. The first kappa shape index (κ1) is 39.0. The molecule has 280 valence electrons. The number of carbonyl (C=O) groups is 2. The summed E-state index contributed by atoms with van der Waals surface area (Å²) in [5.41, 5.74) is 1.61. The summed E-state index contributed by atoms with van der Waals surface area (Å²) in [5.74, 6) is -0.164. The van der Waals surface area contributed by atoms with Gasteiger partial charge in [-0.05, 0) is 65.4 Å². The van der Waals surface area contributed by atoms with Gasteiger partial charge in [0.05, 0.1) is 11.6 Å². The average molecular weight is 772 g/mol. The maximum atomic E-state index is 13.5. The highest BCUT2D eigenvalue weighted by atomic mass is 35.5. The van der Waals surface area contributed by atoms with Crippen LogP contribution in [0.4, 0.5) is 35.5 Å². The number of benzene rings is 3. The molecule has 0 saturated carbocycles. The molecule has 6 bridgehead atoms. The molecule has 0 aliphatic carbocycles.